The number of likely N-dealkylation sites (tertiary alicyclic amines) is 1. The number of carbonyl (C=O) groups excluding carboxylic acids is 1. The normalized spacial score (nSPS) is 26.8. The van der Waals surface area contributed by atoms with E-state index in [-0.39, 0.29) is 24.2 Å². The molecule has 0 unspecified atom stereocenters. The highest BCUT2D eigenvalue weighted by Gasteiger charge is 2.43. The monoisotopic (exact) mass is 396 g/mol. The van der Waals surface area contributed by atoms with Crippen molar-refractivity contribution in [1.29, 1.82) is 0 Å². The van der Waals surface area contributed by atoms with E-state index in [9.17, 15) is 14.3 Å². The van der Waals surface area contributed by atoms with Gasteiger partial charge in [0, 0.05) is 42.1 Å². The molecule has 4 atom stereocenters. The van der Waals surface area contributed by atoms with E-state index >= 15 is 0 Å². The lowest BCUT2D eigenvalue weighted by Crippen LogP contribution is -2.35. The highest BCUT2D eigenvalue weighted by Crippen LogP contribution is 2.41. The first-order valence-electron chi connectivity index (χ1n) is 10.2. The molecule has 152 valence electrons. The number of imidazole rings is 1. The average Bonchev–Trinajstić information content (AvgIpc) is 3.41. The lowest BCUT2D eigenvalue weighted by molar-refractivity contribution is -0.129. The summed E-state index contributed by atoms with van der Waals surface area (Å²) in [6.45, 7) is 3.33. The zero-order chi connectivity index (χ0) is 20.1. The van der Waals surface area contributed by atoms with Crippen molar-refractivity contribution in [3.8, 4) is 0 Å². The van der Waals surface area contributed by atoms with Crippen molar-refractivity contribution in [2.75, 3.05) is 13.1 Å². The summed E-state index contributed by atoms with van der Waals surface area (Å²) >= 11 is 0. The van der Waals surface area contributed by atoms with Crippen molar-refractivity contribution in [3.05, 3.63) is 54.0 Å². The van der Waals surface area contributed by atoms with Crippen LogP contribution in [0.3, 0.4) is 0 Å². The summed E-state index contributed by atoms with van der Waals surface area (Å²) in [5.41, 5.74) is 2.63. The second-order valence-corrected chi connectivity index (χ2v) is 8.53. The van der Waals surface area contributed by atoms with Crippen LogP contribution in [0.1, 0.15) is 30.1 Å². The van der Waals surface area contributed by atoms with Crippen LogP contribution >= 0.6 is 0 Å². The molecule has 5 rings (SSSR count). The van der Waals surface area contributed by atoms with E-state index in [1.165, 1.54) is 12.1 Å². The molecule has 1 amide bonds. The number of nitrogens with one attached hydrogen (secondary N) is 1. The van der Waals surface area contributed by atoms with Gasteiger partial charge in [0.15, 0.2) is 0 Å². The molecule has 2 aromatic heterocycles. The summed E-state index contributed by atoms with van der Waals surface area (Å²) in [5, 5.41) is 11.4. The maximum Gasteiger partial charge on any atom is 0.227 e. The lowest BCUT2D eigenvalue weighted by Gasteiger charge is -2.35. The summed E-state index contributed by atoms with van der Waals surface area (Å²) in [6, 6.07) is 4.66. The van der Waals surface area contributed by atoms with Gasteiger partial charge in [-0.3, -0.25) is 4.79 Å². The Balaban J connectivity index is 1.31. The molecule has 7 heteroatoms. The number of aliphatic hydroxyl groups is 1. The van der Waals surface area contributed by atoms with E-state index in [2.05, 4.69) is 9.97 Å². The Morgan fingerprint density at radius 3 is 2.86 bits per heavy atom. The predicted molar refractivity (Wildman–Crippen MR) is 107 cm³/mol. The minimum atomic E-state index is -0.417. The van der Waals surface area contributed by atoms with Crippen LogP contribution in [0.15, 0.2) is 36.9 Å². The summed E-state index contributed by atoms with van der Waals surface area (Å²) in [4.78, 5) is 22.3. The molecule has 1 aliphatic carbocycles. The quantitative estimate of drug-likeness (QED) is 0.715. The van der Waals surface area contributed by atoms with Gasteiger partial charge in [-0.15, -0.1) is 0 Å². The number of halogens is 1. The van der Waals surface area contributed by atoms with Gasteiger partial charge in [0.25, 0.3) is 0 Å². The van der Waals surface area contributed by atoms with Gasteiger partial charge >= 0.3 is 0 Å². The van der Waals surface area contributed by atoms with Crippen molar-refractivity contribution < 1.29 is 14.3 Å². The molecule has 0 spiro atoms. The number of hydrogen-bond acceptors (Lipinski definition) is 3. The smallest absolute Gasteiger partial charge is 0.227 e. The van der Waals surface area contributed by atoms with Gasteiger partial charge in [-0.05, 0) is 55.4 Å². The maximum absolute atomic E-state index is 13.7. The van der Waals surface area contributed by atoms with E-state index in [1.807, 2.05) is 22.6 Å². The molecule has 3 aromatic rings. The lowest BCUT2D eigenvalue weighted by atomic mass is 9.77. The standard InChI is InChI=1S/C22H25FN4O2/c1-13-17(18-8-16(23)2-3-19(18)25-13)9-22(29)27-10-14-6-20(26-5-4-24-12-26)21(28)7-15(14)11-27/h2-5,8,12,14-15,20-21,25,28H,6-7,9-11H2,1H3/t14-,15+,20-,21-/m1/s1. The Bertz CT molecular complexity index is 1040. The zero-order valence-corrected chi connectivity index (χ0v) is 16.4. The SMILES string of the molecule is Cc1[nH]c2ccc(F)cc2c1CC(=O)N1C[C@H]2C[C@@H](n3ccnc3)[C@H](O)C[C@H]2C1. The molecule has 1 aliphatic heterocycles. The van der Waals surface area contributed by atoms with Gasteiger partial charge in [-0.25, -0.2) is 9.37 Å². The third-order valence-corrected chi connectivity index (χ3v) is 6.78. The van der Waals surface area contributed by atoms with Crippen LogP contribution < -0.4 is 0 Å². The summed E-state index contributed by atoms with van der Waals surface area (Å²) in [7, 11) is 0. The Morgan fingerprint density at radius 2 is 2.10 bits per heavy atom. The van der Waals surface area contributed by atoms with E-state index in [1.54, 1.807) is 18.6 Å². The van der Waals surface area contributed by atoms with Crippen molar-refractivity contribution >= 4 is 16.8 Å². The van der Waals surface area contributed by atoms with Gasteiger partial charge in [0.05, 0.1) is 24.9 Å². The van der Waals surface area contributed by atoms with Gasteiger partial charge < -0.3 is 19.6 Å². The summed E-state index contributed by atoms with van der Waals surface area (Å²) < 4.78 is 15.7. The number of aryl methyl sites for hydroxylation is 1. The molecule has 6 nitrogen and oxygen atoms in total. The molecular weight excluding hydrogens is 371 g/mol. The fourth-order valence-corrected chi connectivity index (χ4v) is 5.24. The summed E-state index contributed by atoms with van der Waals surface area (Å²) in [5.74, 6) is 0.491. The van der Waals surface area contributed by atoms with Crippen LogP contribution in [-0.4, -0.2) is 49.6 Å². The first kappa shape index (κ1) is 18.4. The van der Waals surface area contributed by atoms with E-state index in [4.69, 9.17) is 0 Å². The maximum atomic E-state index is 13.7. The molecule has 1 saturated carbocycles. The molecule has 2 aliphatic rings. The number of aromatic amines is 1. The Morgan fingerprint density at radius 1 is 1.31 bits per heavy atom. The third kappa shape index (κ3) is 3.23. The topological polar surface area (TPSA) is 74.2 Å². The molecule has 1 saturated heterocycles. The average molecular weight is 396 g/mol. The Hall–Kier alpha value is -2.67. The minimum absolute atomic E-state index is 0.0210. The molecule has 2 fully saturated rings. The number of aromatic nitrogens is 3. The van der Waals surface area contributed by atoms with E-state index in [0.717, 1.165) is 35.1 Å². The molecule has 2 N–H and O–H groups in total. The van der Waals surface area contributed by atoms with Gasteiger partial charge in [0.1, 0.15) is 5.82 Å². The van der Waals surface area contributed by atoms with Crippen molar-refractivity contribution in [3.63, 3.8) is 0 Å². The van der Waals surface area contributed by atoms with Gasteiger partial charge in [-0.2, -0.15) is 0 Å². The van der Waals surface area contributed by atoms with Crippen LogP contribution in [0.5, 0.6) is 0 Å². The molecule has 29 heavy (non-hydrogen) atoms. The van der Waals surface area contributed by atoms with Crippen LogP contribution in [-0.2, 0) is 11.2 Å². The number of rotatable bonds is 3. The number of carbonyl (C=O) groups is 1. The van der Waals surface area contributed by atoms with Crippen molar-refractivity contribution in [1.82, 2.24) is 19.4 Å². The highest BCUT2D eigenvalue weighted by atomic mass is 19.1. The van der Waals surface area contributed by atoms with Gasteiger partial charge in [-0.1, -0.05) is 0 Å². The number of benzene rings is 1. The molecule has 1 aromatic carbocycles. The number of aliphatic hydroxyl groups excluding tert-OH is 1. The molecule has 3 heterocycles. The van der Waals surface area contributed by atoms with Crippen LogP contribution in [0.2, 0.25) is 0 Å². The van der Waals surface area contributed by atoms with Crippen LogP contribution in [0.25, 0.3) is 10.9 Å². The number of hydrogen-bond donors (Lipinski definition) is 2. The zero-order valence-electron chi connectivity index (χ0n) is 16.4. The summed E-state index contributed by atoms with van der Waals surface area (Å²) in [6.07, 6.45) is 6.78. The highest BCUT2D eigenvalue weighted by molar-refractivity contribution is 5.90. The van der Waals surface area contributed by atoms with Crippen molar-refractivity contribution in [2.24, 2.45) is 11.8 Å². The Kier molecular flexibility index (Phi) is 4.42. The first-order valence-corrected chi connectivity index (χ1v) is 10.2. The number of nitrogens with zero attached hydrogens (tertiary/aromatic N) is 3. The second kappa shape index (κ2) is 6.99. The molecular formula is C22H25FN4O2. The van der Waals surface area contributed by atoms with Gasteiger partial charge in [0.2, 0.25) is 5.91 Å². The largest absolute Gasteiger partial charge is 0.391 e. The van der Waals surface area contributed by atoms with Crippen molar-refractivity contribution in [2.45, 2.75) is 38.3 Å². The predicted octanol–water partition coefficient (Wildman–Crippen LogP) is 2.83. The number of H-pyrrole nitrogens is 1. The molecule has 0 radical (unpaired) electrons. The van der Waals surface area contributed by atoms with E-state index in [0.29, 0.717) is 24.8 Å². The number of fused-ring (bicyclic) bond motifs is 2. The number of amides is 1. The second-order valence-electron chi connectivity index (χ2n) is 8.53. The fourth-order valence-electron chi connectivity index (χ4n) is 5.24. The van der Waals surface area contributed by atoms with Crippen LogP contribution in [0.4, 0.5) is 4.39 Å². The Labute approximate surface area is 168 Å². The van der Waals surface area contributed by atoms with Crippen LogP contribution in [0, 0.1) is 24.6 Å². The first-order chi connectivity index (χ1) is 14.0. The van der Waals surface area contributed by atoms with E-state index < -0.39 is 6.10 Å². The fraction of sp³-hybridized carbons (Fsp3) is 0.455. The molecule has 0 bridgehead atoms. The third-order valence-electron chi connectivity index (χ3n) is 6.78. The minimum Gasteiger partial charge on any atom is -0.391 e.